The van der Waals surface area contributed by atoms with Crippen molar-refractivity contribution in [2.75, 3.05) is 26.0 Å². The minimum absolute atomic E-state index is 0.137. The number of anilines is 1. The molecule has 1 aliphatic rings. The lowest BCUT2D eigenvalue weighted by atomic mass is 9.95. The fraction of sp³-hybridized carbons (Fsp3) is 0.318. The number of hydrogen-bond acceptors (Lipinski definition) is 5. The highest BCUT2D eigenvalue weighted by atomic mass is 32.1. The van der Waals surface area contributed by atoms with Gasteiger partial charge in [0.1, 0.15) is 10.8 Å². The molecule has 0 saturated carbocycles. The summed E-state index contributed by atoms with van der Waals surface area (Å²) in [5.74, 6) is -0.521. The van der Waals surface area contributed by atoms with E-state index in [0.717, 1.165) is 41.7 Å². The largest absolute Gasteiger partial charge is 0.497 e. The van der Waals surface area contributed by atoms with E-state index in [-0.39, 0.29) is 18.4 Å². The van der Waals surface area contributed by atoms with Gasteiger partial charge in [-0.3, -0.25) is 14.4 Å². The molecule has 0 fully saturated rings. The van der Waals surface area contributed by atoms with Crippen molar-refractivity contribution in [3.05, 3.63) is 51.9 Å². The number of methoxy groups -OCH3 is 1. The number of ether oxygens (including phenoxy) is 1. The van der Waals surface area contributed by atoms with Gasteiger partial charge in [0.25, 0.3) is 5.91 Å². The quantitative estimate of drug-likeness (QED) is 0.664. The molecule has 0 aliphatic heterocycles. The summed E-state index contributed by atoms with van der Waals surface area (Å²) in [6.07, 6.45) is 6.83. The molecule has 1 aromatic heterocycles. The van der Waals surface area contributed by atoms with E-state index >= 15 is 0 Å². The van der Waals surface area contributed by atoms with Crippen molar-refractivity contribution in [1.29, 1.82) is 0 Å². The third-order valence-corrected chi connectivity index (χ3v) is 6.15. The predicted molar refractivity (Wildman–Crippen MR) is 118 cm³/mol. The molecule has 7 nitrogen and oxygen atoms in total. The molecule has 1 heterocycles. The van der Waals surface area contributed by atoms with Crippen molar-refractivity contribution in [3.63, 3.8) is 0 Å². The first kappa shape index (κ1) is 21.6. The van der Waals surface area contributed by atoms with Gasteiger partial charge in [0.05, 0.1) is 19.2 Å². The number of fused-ring (bicyclic) bond motifs is 1. The van der Waals surface area contributed by atoms with Crippen LogP contribution in [0.15, 0.2) is 30.3 Å². The van der Waals surface area contributed by atoms with Crippen molar-refractivity contribution < 1.29 is 19.1 Å². The standard InChI is InChI=1S/C22H25N3O4S/c1-25(19(27)11-10-14-6-5-7-15(12-14)29-2)13-18(26)24-22-20(21(23)28)16-8-3-4-9-17(16)30-22/h5-7,10-12H,3-4,8-9,13H2,1-2H3,(H2,23,28)(H,24,26)/b11-10+. The monoisotopic (exact) mass is 427 g/mol. The molecule has 8 heteroatoms. The first-order valence-corrected chi connectivity index (χ1v) is 10.5. The van der Waals surface area contributed by atoms with Gasteiger partial charge in [0.2, 0.25) is 11.8 Å². The molecule has 3 N–H and O–H groups in total. The molecule has 0 spiro atoms. The summed E-state index contributed by atoms with van der Waals surface area (Å²) in [6, 6.07) is 7.30. The van der Waals surface area contributed by atoms with E-state index in [9.17, 15) is 14.4 Å². The molecule has 1 aliphatic carbocycles. The van der Waals surface area contributed by atoms with Gasteiger partial charge in [-0.25, -0.2) is 0 Å². The lowest BCUT2D eigenvalue weighted by Crippen LogP contribution is -2.34. The molecule has 2 aromatic rings. The highest BCUT2D eigenvalue weighted by Gasteiger charge is 2.25. The van der Waals surface area contributed by atoms with Crippen LogP contribution >= 0.6 is 11.3 Å². The average Bonchev–Trinajstić information content (AvgIpc) is 3.09. The van der Waals surface area contributed by atoms with Crippen molar-refractivity contribution in [1.82, 2.24) is 4.90 Å². The Labute approximate surface area is 179 Å². The van der Waals surface area contributed by atoms with Crippen molar-refractivity contribution >= 4 is 40.1 Å². The van der Waals surface area contributed by atoms with E-state index in [2.05, 4.69) is 5.32 Å². The summed E-state index contributed by atoms with van der Waals surface area (Å²) in [4.78, 5) is 39.2. The van der Waals surface area contributed by atoms with Crippen molar-refractivity contribution in [2.45, 2.75) is 25.7 Å². The molecular weight excluding hydrogens is 402 g/mol. The molecule has 0 saturated heterocycles. The van der Waals surface area contributed by atoms with Crippen LogP contribution in [0, 0.1) is 0 Å². The smallest absolute Gasteiger partial charge is 0.251 e. The molecule has 0 atom stereocenters. The van der Waals surface area contributed by atoms with Gasteiger partial charge in [-0.05, 0) is 55.0 Å². The van der Waals surface area contributed by atoms with Crippen LogP contribution in [0.4, 0.5) is 5.00 Å². The Balaban J connectivity index is 1.63. The Morgan fingerprint density at radius 3 is 2.77 bits per heavy atom. The number of nitrogens with zero attached hydrogens (tertiary/aromatic N) is 1. The Bertz CT molecular complexity index is 996. The molecule has 1 aromatic carbocycles. The number of thiophene rings is 1. The van der Waals surface area contributed by atoms with Gasteiger partial charge in [-0.1, -0.05) is 12.1 Å². The fourth-order valence-electron chi connectivity index (χ4n) is 3.41. The zero-order valence-electron chi connectivity index (χ0n) is 17.1. The molecule has 0 radical (unpaired) electrons. The Morgan fingerprint density at radius 1 is 1.27 bits per heavy atom. The highest BCUT2D eigenvalue weighted by Crippen LogP contribution is 2.37. The SMILES string of the molecule is COc1cccc(/C=C/C(=O)N(C)CC(=O)Nc2sc3c(c2C(N)=O)CCCC3)c1. The van der Waals surface area contributed by atoms with Crippen LogP contribution < -0.4 is 15.8 Å². The summed E-state index contributed by atoms with van der Waals surface area (Å²) in [6.45, 7) is -0.137. The zero-order valence-corrected chi connectivity index (χ0v) is 17.9. The lowest BCUT2D eigenvalue weighted by Gasteiger charge is -2.15. The van der Waals surface area contributed by atoms with Crippen molar-refractivity contribution in [3.8, 4) is 5.75 Å². The number of rotatable bonds is 7. The second-order valence-corrected chi connectivity index (χ2v) is 8.24. The number of carbonyl (C=O) groups excluding carboxylic acids is 3. The van der Waals surface area contributed by atoms with Gasteiger partial charge in [0.15, 0.2) is 0 Å². The number of carbonyl (C=O) groups is 3. The maximum Gasteiger partial charge on any atom is 0.251 e. The molecule has 0 bridgehead atoms. The fourth-order valence-corrected chi connectivity index (χ4v) is 4.72. The minimum atomic E-state index is -0.532. The van der Waals surface area contributed by atoms with E-state index < -0.39 is 5.91 Å². The maximum atomic E-state index is 12.5. The number of likely N-dealkylation sites (N-methyl/N-ethyl adjacent to an activating group) is 1. The normalized spacial score (nSPS) is 13.0. The maximum absolute atomic E-state index is 12.5. The summed E-state index contributed by atoms with van der Waals surface area (Å²) >= 11 is 1.40. The van der Waals surface area contributed by atoms with E-state index in [1.165, 1.54) is 22.3 Å². The number of amides is 3. The topological polar surface area (TPSA) is 102 Å². The van der Waals surface area contributed by atoms with Crippen LogP contribution in [-0.2, 0) is 22.4 Å². The van der Waals surface area contributed by atoms with E-state index in [1.807, 2.05) is 18.2 Å². The molecule has 30 heavy (non-hydrogen) atoms. The number of benzene rings is 1. The number of nitrogens with two attached hydrogens (primary N) is 1. The van der Waals surface area contributed by atoms with Gasteiger partial charge in [-0.2, -0.15) is 0 Å². The molecular formula is C22H25N3O4S. The number of nitrogens with one attached hydrogen (secondary N) is 1. The van der Waals surface area contributed by atoms with Crippen LogP contribution in [0.3, 0.4) is 0 Å². The summed E-state index contributed by atoms with van der Waals surface area (Å²) in [5.41, 5.74) is 7.74. The first-order valence-electron chi connectivity index (χ1n) is 9.70. The molecule has 0 unspecified atom stereocenters. The highest BCUT2D eigenvalue weighted by molar-refractivity contribution is 7.17. The van der Waals surface area contributed by atoms with Crippen LogP contribution in [0.1, 0.15) is 39.2 Å². The third-order valence-electron chi connectivity index (χ3n) is 4.94. The Kier molecular flexibility index (Phi) is 6.89. The predicted octanol–water partition coefficient (Wildman–Crippen LogP) is 2.84. The average molecular weight is 428 g/mol. The van der Waals surface area contributed by atoms with E-state index in [1.54, 1.807) is 26.3 Å². The summed E-state index contributed by atoms with van der Waals surface area (Å²) in [7, 11) is 3.13. The zero-order chi connectivity index (χ0) is 21.7. The molecule has 3 amide bonds. The van der Waals surface area contributed by atoms with Gasteiger partial charge in [-0.15, -0.1) is 11.3 Å². The van der Waals surface area contributed by atoms with Crippen molar-refractivity contribution in [2.24, 2.45) is 5.73 Å². The van der Waals surface area contributed by atoms with Gasteiger partial charge in [0, 0.05) is 18.0 Å². The number of aryl methyl sites for hydroxylation is 1. The van der Waals surface area contributed by atoms with Crippen LogP contribution in [0.2, 0.25) is 0 Å². The van der Waals surface area contributed by atoms with E-state index in [4.69, 9.17) is 10.5 Å². The molecule has 158 valence electrons. The summed E-state index contributed by atoms with van der Waals surface area (Å²) in [5, 5.41) is 3.25. The molecule has 3 rings (SSSR count). The summed E-state index contributed by atoms with van der Waals surface area (Å²) < 4.78 is 5.16. The first-order chi connectivity index (χ1) is 14.4. The lowest BCUT2D eigenvalue weighted by molar-refractivity contribution is -0.129. The van der Waals surface area contributed by atoms with Crippen LogP contribution in [-0.4, -0.2) is 43.3 Å². The number of primary amides is 1. The van der Waals surface area contributed by atoms with E-state index in [0.29, 0.717) is 16.3 Å². The Morgan fingerprint density at radius 2 is 2.03 bits per heavy atom. The second kappa shape index (κ2) is 9.58. The van der Waals surface area contributed by atoms with Gasteiger partial charge >= 0.3 is 0 Å². The minimum Gasteiger partial charge on any atom is -0.497 e. The van der Waals surface area contributed by atoms with Crippen LogP contribution in [0.5, 0.6) is 5.75 Å². The number of hydrogen-bond donors (Lipinski definition) is 2. The second-order valence-electron chi connectivity index (χ2n) is 7.13. The Hall–Kier alpha value is -3.13. The van der Waals surface area contributed by atoms with Gasteiger partial charge < -0.3 is 20.7 Å². The third kappa shape index (κ3) is 5.07. The van der Waals surface area contributed by atoms with Crippen LogP contribution in [0.25, 0.3) is 6.08 Å².